The van der Waals surface area contributed by atoms with Crippen molar-refractivity contribution in [1.29, 1.82) is 0 Å². The Morgan fingerprint density at radius 2 is 2.00 bits per heavy atom. The molecule has 0 aromatic heterocycles. The Hall–Kier alpha value is -0.570. The highest BCUT2D eigenvalue weighted by molar-refractivity contribution is 5.66. The Morgan fingerprint density at radius 1 is 1.33 bits per heavy atom. The van der Waals surface area contributed by atoms with E-state index in [0.29, 0.717) is 18.5 Å². The van der Waals surface area contributed by atoms with Crippen molar-refractivity contribution in [3.8, 4) is 0 Å². The number of hydrogen-bond donors (Lipinski definition) is 1. The average Bonchev–Trinajstić information content (AvgIpc) is 2.25. The first-order chi connectivity index (χ1) is 8.41. The van der Waals surface area contributed by atoms with Gasteiger partial charge in [0, 0.05) is 18.5 Å². The van der Waals surface area contributed by atoms with Crippen molar-refractivity contribution in [3.63, 3.8) is 0 Å². The molecule has 1 aliphatic rings. The maximum atomic E-state index is 10.6. The Labute approximate surface area is 112 Å². The van der Waals surface area contributed by atoms with Crippen LogP contribution in [-0.4, -0.2) is 34.6 Å². The maximum absolute atomic E-state index is 10.6. The molecule has 3 unspecified atom stereocenters. The van der Waals surface area contributed by atoms with Gasteiger partial charge in [-0.3, -0.25) is 9.69 Å². The fraction of sp³-hybridized carbons (Fsp3) is 0.933. The van der Waals surface area contributed by atoms with Crippen molar-refractivity contribution in [2.24, 2.45) is 11.8 Å². The molecule has 3 atom stereocenters. The van der Waals surface area contributed by atoms with E-state index in [4.69, 9.17) is 5.11 Å². The van der Waals surface area contributed by atoms with Gasteiger partial charge in [-0.2, -0.15) is 0 Å². The summed E-state index contributed by atoms with van der Waals surface area (Å²) in [7, 11) is 0. The molecule has 0 amide bonds. The zero-order valence-corrected chi connectivity index (χ0v) is 12.4. The molecule has 1 saturated carbocycles. The van der Waals surface area contributed by atoms with E-state index in [1.165, 1.54) is 19.3 Å². The van der Waals surface area contributed by atoms with Crippen molar-refractivity contribution in [2.45, 2.75) is 71.9 Å². The van der Waals surface area contributed by atoms with Gasteiger partial charge in [0.05, 0.1) is 0 Å². The topological polar surface area (TPSA) is 40.5 Å². The second-order valence-electron chi connectivity index (χ2n) is 6.29. The normalized spacial score (nSPS) is 28.9. The summed E-state index contributed by atoms with van der Waals surface area (Å²) in [6, 6.07) is 1.16. The first-order valence-electron chi connectivity index (χ1n) is 7.39. The third kappa shape index (κ3) is 4.60. The van der Waals surface area contributed by atoms with E-state index >= 15 is 0 Å². The molecule has 0 saturated heterocycles. The Balaban J connectivity index is 2.52. The summed E-state index contributed by atoms with van der Waals surface area (Å²) in [6.07, 6.45) is 4.96. The van der Waals surface area contributed by atoms with Crippen molar-refractivity contribution >= 4 is 5.97 Å². The molecule has 0 radical (unpaired) electrons. The van der Waals surface area contributed by atoms with Gasteiger partial charge in [0.1, 0.15) is 0 Å². The minimum Gasteiger partial charge on any atom is -0.481 e. The van der Waals surface area contributed by atoms with Crippen LogP contribution >= 0.6 is 0 Å². The predicted molar refractivity (Wildman–Crippen MR) is 74.7 cm³/mol. The Kier molecular flexibility index (Phi) is 6.13. The molecule has 3 nitrogen and oxygen atoms in total. The quantitative estimate of drug-likeness (QED) is 0.791. The molecular formula is C15H29NO2. The monoisotopic (exact) mass is 255 g/mol. The standard InChI is InChI=1S/C15H29NO2/c1-11(2)16(9-5-6-15(17)18)14-8-7-12(3)10-13(14)4/h11-14H,5-10H2,1-4H3,(H,17,18). The first-order valence-corrected chi connectivity index (χ1v) is 7.39. The van der Waals surface area contributed by atoms with Crippen LogP contribution in [0.5, 0.6) is 0 Å². The molecule has 3 heteroatoms. The van der Waals surface area contributed by atoms with Crippen LogP contribution < -0.4 is 0 Å². The van der Waals surface area contributed by atoms with Gasteiger partial charge in [-0.15, -0.1) is 0 Å². The molecule has 1 N–H and O–H groups in total. The summed E-state index contributed by atoms with van der Waals surface area (Å²) >= 11 is 0. The highest BCUT2D eigenvalue weighted by Gasteiger charge is 2.30. The maximum Gasteiger partial charge on any atom is 0.303 e. The van der Waals surface area contributed by atoms with Crippen molar-refractivity contribution in [3.05, 3.63) is 0 Å². The average molecular weight is 255 g/mol. The lowest BCUT2D eigenvalue weighted by Gasteiger charge is -2.42. The lowest BCUT2D eigenvalue weighted by molar-refractivity contribution is -0.137. The molecule has 0 spiro atoms. The molecule has 0 heterocycles. The first kappa shape index (κ1) is 15.5. The number of carboxylic acid groups (broad SMARTS) is 1. The highest BCUT2D eigenvalue weighted by atomic mass is 16.4. The van der Waals surface area contributed by atoms with Gasteiger partial charge in [0.2, 0.25) is 0 Å². The number of nitrogens with zero attached hydrogens (tertiary/aromatic N) is 1. The van der Waals surface area contributed by atoms with E-state index in [0.717, 1.165) is 24.8 Å². The number of carbonyl (C=O) groups is 1. The second kappa shape index (κ2) is 7.13. The minimum atomic E-state index is -0.677. The van der Waals surface area contributed by atoms with Crippen LogP contribution in [0.15, 0.2) is 0 Å². The zero-order valence-electron chi connectivity index (χ0n) is 12.4. The molecule has 106 valence electrons. The smallest absolute Gasteiger partial charge is 0.303 e. The molecule has 18 heavy (non-hydrogen) atoms. The van der Waals surface area contributed by atoms with E-state index in [1.807, 2.05) is 0 Å². The summed E-state index contributed by atoms with van der Waals surface area (Å²) < 4.78 is 0. The van der Waals surface area contributed by atoms with Crippen LogP contribution in [0.3, 0.4) is 0 Å². The highest BCUT2D eigenvalue weighted by Crippen LogP contribution is 2.32. The summed E-state index contributed by atoms with van der Waals surface area (Å²) in [4.78, 5) is 13.1. The molecule has 0 bridgehead atoms. The fourth-order valence-corrected chi connectivity index (χ4v) is 3.36. The van der Waals surface area contributed by atoms with Crippen LogP contribution in [0.1, 0.15) is 59.8 Å². The van der Waals surface area contributed by atoms with Gasteiger partial charge in [-0.1, -0.05) is 13.8 Å². The lowest BCUT2D eigenvalue weighted by Crippen LogP contribution is -2.46. The van der Waals surface area contributed by atoms with Gasteiger partial charge in [-0.25, -0.2) is 0 Å². The van der Waals surface area contributed by atoms with E-state index < -0.39 is 5.97 Å². The third-order valence-electron chi connectivity index (χ3n) is 4.28. The summed E-state index contributed by atoms with van der Waals surface area (Å²) in [5, 5.41) is 8.74. The summed E-state index contributed by atoms with van der Waals surface area (Å²) in [5.74, 6) is 0.911. The van der Waals surface area contributed by atoms with E-state index in [-0.39, 0.29) is 0 Å². The largest absolute Gasteiger partial charge is 0.481 e. The molecule has 0 aromatic carbocycles. The van der Waals surface area contributed by atoms with Crippen molar-refractivity contribution in [2.75, 3.05) is 6.54 Å². The van der Waals surface area contributed by atoms with Gasteiger partial charge < -0.3 is 5.11 Å². The van der Waals surface area contributed by atoms with Crippen LogP contribution in [0.2, 0.25) is 0 Å². The van der Waals surface area contributed by atoms with Crippen molar-refractivity contribution in [1.82, 2.24) is 4.90 Å². The van der Waals surface area contributed by atoms with Crippen LogP contribution in [0.25, 0.3) is 0 Å². The molecule has 1 fully saturated rings. The van der Waals surface area contributed by atoms with Gasteiger partial charge in [0.25, 0.3) is 0 Å². The summed E-state index contributed by atoms with van der Waals surface area (Å²) in [5.41, 5.74) is 0. The van der Waals surface area contributed by atoms with Crippen LogP contribution in [0.4, 0.5) is 0 Å². The lowest BCUT2D eigenvalue weighted by atomic mass is 9.78. The van der Waals surface area contributed by atoms with E-state index in [9.17, 15) is 4.79 Å². The van der Waals surface area contributed by atoms with Gasteiger partial charge in [-0.05, 0) is 57.9 Å². The number of carboxylic acids is 1. The van der Waals surface area contributed by atoms with Gasteiger partial charge >= 0.3 is 5.97 Å². The third-order valence-corrected chi connectivity index (χ3v) is 4.28. The number of rotatable bonds is 6. The molecule has 1 aliphatic carbocycles. The molecular weight excluding hydrogens is 226 g/mol. The van der Waals surface area contributed by atoms with Gasteiger partial charge in [0.15, 0.2) is 0 Å². The minimum absolute atomic E-state index is 0.292. The molecule has 1 rings (SSSR count). The van der Waals surface area contributed by atoms with E-state index in [1.54, 1.807) is 0 Å². The second-order valence-corrected chi connectivity index (χ2v) is 6.29. The van der Waals surface area contributed by atoms with Crippen LogP contribution in [0, 0.1) is 11.8 Å². The fourth-order valence-electron chi connectivity index (χ4n) is 3.36. The predicted octanol–water partition coefficient (Wildman–Crippen LogP) is 3.39. The Bertz CT molecular complexity index is 265. The summed E-state index contributed by atoms with van der Waals surface area (Å²) in [6.45, 7) is 10.1. The number of aliphatic carboxylic acids is 1. The van der Waals surface area contributed by atoms with Crippen LogP contribution in [-0.2, 0) is 4.79 Å². The molecule has 0 aliphatic heterocycles. The molecule has 0 aromatic rings. The zero-order chi connectivity index (χ0) is 13.7. The van der Waals surface area contributed by atoms with Crippen molar-refractivity contribution < 1.29 is 9.90 Å². The Morgan fingerprint density at radius 3 is 2.50 bits per heavy atom. The SMILES string of the molecule is CC1CCC(N(CCCC(=O)O)C(C)C)C(C)C1. The number of hydrogen-bond acceptors (Lipinski definition) is 2. The van der Waals surface area contributed by atoms with E-state index in [2.05, 4.69) is 32.6 Å².